The molecule has 7 nitrogen and oxygen atoms in total. The summed E-state index contributed by atoms with van der Waals surface area (Å²) in [5.41, 5.74) is -4.48. The molecule has 160 valence electrons. The lowest BCUT2D eigenvalue weighted by Crippen LogP contribution is -2.46. The number of fused-ring (bicyclic) bond motifs is 1. The number of carbonyl (C=O) groups is 3. The highest BCUT2D eigenvalue weighted by atomic mass is 19.1. The average Bonchev–Trinajstić information content (AvgIpc) is 2.76. The van der Waals surface area contributed by atoms with Gasteiger partial charge in [-0.1, -0.05) is 0 Å². The van der Waals surface area contributed by atoms with E-state index in [0.29, 0.717) is 4.90 Å². The van der Waals surface area contributed by atoms with Crippen molar-refractivity contribution in [2.75, 3.05) is 11.9 Å². The Morgan fingerprint density at radius 2 is 1.59 bits per heavy atom. The van der Waals surface area contributed by atoms with Crippen LogP contribution in [0.15, 0.2) is 18.2 Å². The fourth-order valence-corrected chi connectivity index (χ4v) is 2.70. The average molecular weight is 412 g/mol. The summed E-state index contributed by atoms with van der Waals surface area (Å²) in [7, 11) is 0. The highest BCUT2D eigenvalue weighted by Gasteiger charge is 2.48. The Morgan fingerprint density at radius 3 is 2.07 bits per heavy atom. The van der Waals surface area contributed by atoms with Gasteiger partial charge in [-0.15, -0.1) is 0 Å². The first-order valence-electron chi connectivity index (χ1n) is 9.16. The van der Waals surface area contributed by atoms with Crippen LogP contribution in [0.25, 0.3) is 0 Å². The molecular weight excluding hydrogens is 386 g/mol. The Hall–Kier alpha value is -2.71. The van der Waals surface area contributed by atoms with Gasteiger partial charge < -0.3 is 14.8 Å². The first-order chi connectivity index (χ1) is 13.1. The fraction of sp³-hybridized carbons (Fsp3) is 0.550. The van der Waals surface area contributed by atoms with Crippen LogP contribution in [-0.4, -0.2) is 40.7 Å². The van der Waals surface area contributed by atoms with E-state index in [9.17, 15) is 18.8 Å². The van der Waals surface area contributed by atoms with E-state index in [1.807, 2.05) is 0 Å². The van der Waals surface area contributed by atoms with Crippen LogP contribution >= 0.6 is 0 Å². The van der Waals surface area contributed by atoms with E-state index >= 15 is 4.39 Å². The van der Waals surface area contributed by atoms with Crippen molar-refractivity contribution in [3.63, 3.8) is 0 Å². The number of hydrogen-bond donors (Lipinski definition) is 1. The van der Waals surface area contributed by atoms with Gasteiger partial charge in [0.15, 0.2) is 0 Å². The number of anilines is 1. The lowest BCUT2D eigenvalue weighted by atomic mass is 9.93. The topological polar surface area (TPSA) is 84.9 Å². The lowest BCUT2D eigenvalue weighted by Gasteiger charge is -2.29. The SMILES string of the molecule is CC(C)(C)OC(=O)N(CCC1(F)C(=O)Nc2ccc(F)cc21)C(=O)OC(C)(C)C. The Morgan fingerprint density at radius 1 is 1.07 bits per heavy atom. The summed E-state index contributed by atoms with van der Waals surface area (Å²) in [6, 6.07) is 3.26. The van der Waals surface area contributed by atoms with Crippen molar-refractivity contribution in [1.82, 2.24) is 4.90 Å². The maximum absolute atomic E-state index is 15.5. The van der Waals surface area contributed by atoms with Gasteiger partial charge in [0, 0.05) is 24.2 Å². The monoisotopic (exact) mass is 412 g/mol. The number of alkyl halides is 1. The van der Waals surface area contributed by atoms with E-state index in [0.717, 1.165) is 12.1 Å². The Kier molecular flexibility index (Phi) is 5.92. The maximum atomic E-state index is 15.5. The molecule has 1 atom stereocenters. The van der Waals surface area contributed by atoms with Gasteiger partial charge >= 0.3 is 12.2 Å². The molecule has 0 fully saturated rings. The molecule has 1 N–H and O–H groups in total. The number of nitrogens with zero attached hydrogens (tertiary/aromatic N) is 1. The van der Waals surface area contributed by atoms with Crippen LogP contribution in [0.3, 0.4) is 0 Å². The third kappa shape index (κ3) is 5.42. The molecule has 0 bridgehead atoms. The molecule has 0 spiro atoms. The number of benzene rings is 1. The van der Waals surface area contributed by atoms with Crippen molar-refractivity contribution in [2.45, 2.75) is 64.8 Å². The molecule has 9 heteroatoms. The second-order valence-electron chi connectivity index (χ2n) is 8.81. The molecule has 2 rings (SSSR count). The van der Waals surface area contributed by atoms with Crippen molar-refractivity contribution in [3.05, 3.63) is 29.6 Å². The minimum Gasteiger partial charge on any atom is -0.443 e. The van der Waals surface area contributed by atoms with Crippen molar-refractivity contribution in [2.24, 2.45) is 0 Å². The van der Waals surface area contributed by atoms with Crippen LogP contribution in [0, 0.1) is 5.82 Å². The largest absolute Gasteiger partial charge is 0.443 e. The lowest BCUT2D eigenvalue weighted by molar-refractivity contribution is -0.127. The van der Waals surface area contributed by atoms with Crippen molar-refractivity contribution in [1.29, 1.82) is 0 Å². The Labute approximate surface area is 168 Å². The molecule has 0 radical (unpaired) electrons. The summed E-state index contributed by atoms with van der Waals surface area (Å²) in [6.45, 7) is 9.15. The van der Waals surface area contributed by atoms with Gasteiger partial charge in [0.25, 0.3) is 5.91 Å². The van der Waals surface area contributed by atoms with Crippen LogP contribution in [0.2, 0.25) is 0 Å². The maximum Gasteiger partial charge on any atom is 0.419 e. The van der Waals surface area contributed by atoms with Crippen LogP contribution in [0.5, 0.6) is 0 Å². The Balaban J connectivity index is 2.27. The van der Waals surface area contributed by atoms with Crippen LogP contribution in [0.4, 0.5) is 24.1 Å². The van der Waals surface area contributed by atoms with Gasteiger partial charge in [-0.3, -0.25) is 4.79 Å². The summed E-state index contributed by atoms with van der Waals surface area (Å²) >= 11 is 0. The summed E-state index contributed by atoms with van der Waals surface area (Å²) in [5.74, 6) is -1.70. The van der Waals surface area contributed by atoms with Gasteiger partial charge in [0.2, 0.25) is 5.67 Å². The number of ether oxygens (including phenoxy) is 2. The van der Waals surface area contributed by atoms with E-state index in [2.05, 4.69) is 5.32 Å². The first-order valence-corrected chi connectivity index (χ1v) is 9.16. The molecule has 1 heterocycles. The second-order valence-corrected chi connectivity index (χ2v) is 8.81. The summed E-state index contributed by atoms with van der Waals surface area (Å²) < 4.78 is 39.5. The van der Waals surface area contributed by atoms with E-state index in [1.165, 1.54) is 6.07 Å². The summed E-state index contributed by atoms with van der Waals surface area (Å²) in [5, 5.41) is 2.34. The summed E-state index contributed by atoms with van der Waals surface area (Å²) in [6.07, 6.45) is -2.66. The van der Waals surface area contributed by atoms with E-state index in [4.69, 9.17) is 9.47 Å². The number of amides is 3. The van der Waals surface area contributed by atoms with Gasteiger partial charge in [-0.25, -0.2) is 23.3 Å². The highest BCUT2D eigenvalue weighted by Crippen LogP contribution is 2.42. The minimum atomic E-state index is -2.61. The zero-order valence-electron chi connectivity index (χ0n) is 17.4. The molecule has 1 aliphatic rings. The molecule has 0 aliphatic carbocycles. The predicted molar refractivity (Wildman–Crippen MR) is 102 cm³/mol. The third-order valence-electron chi connectivity index (χ3n) is 3.92. The fourth-order valence-electron chi connectivity index (χ4n) is 2.70. The van der Waals surface area contributed by atoms with Gasteiger partial charge in [0.1, 0.15) is 17.0 Å². The summed E-state index contributed by atoms with van der Waals surface area (Å²) in [4.78, 5) is 37.8. The quantitative estimate of drug-likeness (QED) is 0.790. The zero-order valence-corrected chi connectivity index (χ0v) is 17.4. The molecule has 1 aromatic carbocycles. The van der Waals surface area contributed by atoms with Crippen LogP contribution < -0.4 is 5.32 Å². The van der Waals surface area contributed by atoms with Crippen LogP contribution in [-0.2, 0) is 19.9 Å². The standard InChI is InChI=1S/C20H26F2N2O5/c1-18(2,3)28-16(26)24(17(27)29-19(4,5)6)10-9-20(22)13-11-12(21)7-8-14(13)23-15(20)25/h7-8,11H,9-10H2,1-6H3,(H,23,25). The third-order valence-corrected chi connectivity index (χ3v) is 3.92. The normalized spacial score (nSPS) is 18.7. The molecule has 0 saturated heterocycles. The van der Waals surface area contributed by atoms with Gasteiger partial charge in [0.05, 0.1) is 0 Å². The van der Waals surface area contributed by atoms with Crippen LogP contribution in [0.1, 0.15) is 53.5 Å². The molecule has 29 heavy (non-hydrogen) atoms. The number of nitrogens with one attached hydrogen (secondary N) is 1. The minimum absolute atomic E-state index is 0.139. The van der Waals surface area contributed by atoms with E-state index in [1.54, 1.807) is 41.5 Å². The van der Waals surface area contributed by atoms with Gasteiger partial charge in [-0.05, 0) is 59.7 Å². The van der Waals surface area contributed by atoms with E-state index in [-0.39, 0.29) is 11.3 Å². The van der Waals surface area contributed by atoms with Crippen molar-refractivity contribution >= 4 is 23.8 Å². The van der Waals surface area contributed by atoms with Gasteiger partial charge in [-0.2, -0.15) is 0 Å². The molecule has 1 aromatic rings. The molecular formula is C20H26F2N2O5. The number of rotatable bonds is 3. The van der Waals surface area contributed by atoms with Crippen molar-refractivity contribution in [3.8, 4) is 0 Å². The number of halogens is 2. The smallest absolute Gasteiger partial charge is 0.419 e. The molecule has 0 aromatic heterocycles. The molecule has 3 amide bonds. The molecule has 1 unspecified atom stereocenters. The number of imide groups is 1. The van der Waals surface area contributed by atoms with Crippen molar-refractivity contribution < 1.29 is 32.6 Å². The second kappa shape index (κ2) is 7.61. The number of hydrogen-bond acceptors (Lipinski definition) is 5. The first kappa shape index (κ1) is 22.6. The predicted octanol–water partition coefficient (Wildman–Crippen LogP) is 4.50. The highest BCUT2D eigenvalue weighted by molar-refractivity contribution is 6.05. The molecule has 0 saturated carbocycles. The van der Waals surface area contributed by atoms with E-state index < -0.39 is 53.7 Å². The zero-order chi connectivity index (χ0) is 22.2. The molecule has 1 aliphatic heterocycles. The Bertz CT molecular complexity index is 801. The number of carbonyl (C=O) groups excluding carboxylic acids is 3.